The van der Waals surface area contributed by atoms with E-state index in [2.05, 4.69) is 9.97 Å². The van der Waals surface area contributed by atoms with Crippen LogP contribution in [0.25, 0.3) is 0 Å². The maximum atomic E-state index is 12.4. The van der Waals surface area contributed by atoms with Crippen molar-refractivity contribution in [3.05, 3.63) is 53.3 Å². The smallest absolute Gasteiger partial charge is 0.317 e. The molecule has 1 fully saturated rings. The second kappa shape index (κ2) is 6.13. The number of aromatic nitrogens is 2. The number of hydrogen-bond donors (Lipinski definition) is 0. The van der Waals surface area contributed by atoms with Crippen molar-refractivity contribution >= 4 is 5.91 Å². The van der Waals surface area contributed by atoms with Gasteiger partial charge in [-0.15, -0.1) is 0 Å². The summed E-state index contributed by atoms with van der Waals surface area (Å²) in [4.78, 5) is 22.8. The Morgan fingerprint density at radius 3 is 2.55 bits per heavy atom. The molecule has 114 valence electrons. The molecule has 1 saturated heterocycles. The van der Waals surface area contributed by atoms with Crippen molar-refractivity contribution in [1.29, 1.82) is 0 Å². The molecule has 0 aliphatic carbocycles. The normalized spacial score (nSPS) is 17.5. The Labute approximate surface area is 130 Å². The number of aryl methyl sites for hydroxylation is 2. The average molecular weight is 297 g/mol. The van der Waals surface area contributed by atoms with E-state index in [1.54, 1.807) is 0 Å². The first-order chi connectivity index (χ1) is 10.6. The van der Waals surface area contributed by atoms with E-state index in [0.717, 1.165) is 17.8 Å². The Hall–Kier alpha value is -2.43. The first kappa shape index (κ1) is 14.5. The zero-order chi connectivity index (χ0) is 15.5. The van der Waals surface area contributed by atoms with Gasteiger partial charge in [0.25, 0.3) is 5.91 Å². The van der Waals surface area contributed by atoms with Crippen molar-refractivity contribution in [1.82, 2.24) is 14.9 Å². The van der Waals surface area contributed by atoms with E-state index in [1.165, 1.54) is 0 Å². The van der Waals surface area contributed by atoms with Gasteiger partial charge in [0.15, 0.2) is 0 Å². The van der Waals surface area contributed by atoms with Crippen LogP contribution in [0.5, 0.6) is 6.01 Å². The zero-order valence-electron chi connectivity index (χ0n) is 12.8. The molecule has 5 nitrogen and oxygen atoms in total. The summed E-state index contributed by atoms with van der Waals surface area (Å²) < 4.78 is 5.84. The maximum absolute atomic E-state index is 12.4. The van der Waals surface area contributed by atoms with Gasteiger partial charge in [-0.3, -0.25) is 4.79 Å². The fraction of sp³-hybridized carbons (Fsp3) is 0.353. The number of nitrogens with zero attached hydrogens (tertiary/aromatic N) is 3. The van der Waals surface area contributed by atoms with E-state index in [-0.39, 0.29) is 12.0 Å². The predicted molar refractivity (Wildman–Crippen MR) is 82.9 cm³/mol. The third-order valence-electron chi connectivity index (χ3n) is 3.69. The third kappa shape index (κ3) is 3.24. The van der Waals surface area contributed by atoms with Gasteiger partial charge in [0, 0.05) is 29.9 Å². The van der Waals surface area contributed by atoms with Gasteiger partial charge < -0.3 is 9.64 Å². The van der Waals surface area contributed by atoms with E-state index >= 15 is 0 Å². The molecule has 0 N–H and O–H groups in total. The predicted octanol–water partition coefficient (Wildman–Crippen LogP) is 2.39. The van der Waals surface area contributed by atoms with E-state index in [4.69, 9.17) is 4.74 Å². The highest BCUT2D eigenvalue weighted by atomic mass is 16.5. The number of carbonyl (C=O) groups is 1. The monoisotopic (exact) mass is 297 g/mol. The number of hydrogen-bond acceptors (Lipinski definition) is 4. The molecule has 1 amide bonds. The number of likely N-dealkylation sites (tertiary alicyclic amines) is 1. The molecule has 1 aromatic carbocycles. The molecule has 0 saturated carbocycles. The Bertz CT molecular complexity index is 653. The highest BCUT2D eigenvalue weighted by Crippen LogP contribution is 2.18. The summed E-state index contributed by atoms with van der Waals surface area (Å²) in [6, 6.07) is 11.6. The Morgan fingerprint density at radius 1 is 1.18 bits per heavy atom. The molecule has 0 radical (unpaired) electrons. The average Bonchev–Trinajstić information content (AvgIpc) is 2.95. The summed E-state index contributed by atoms with van der Waals surface area (Å²) in [5.74, 6) is 0.0491. The first-order valence-electron chi connectivity index (χ1n) is 7.45. The Kier molecular flexibility index (Phi) is 4.04. The highest BCUT2D eigenvalue weighted by Gasteiger charge is 2.28. The van der Waals surface area contributed by atoms with Crippen LogP contribution < -0.4 is 4.74 Å². The summed E-state index contributed by atoms with van der Waals surface area (Å²) in [7, 11) is 0. The molecule has 1 aromatic heterocycles. The lowest BCUT2D eigenvalue weighted by atomic mass is 10.2. The molecular weight excluding hydrogens is 278 g/mol. The minimum absolute atomic E-state index is 0.0473. The maximum Gasteiger partial charge on any atom is 0.317 e. The summed E-state index contributed by atoms with van der Waals surface area (Å²) in [5.41, 5.74) is 2.49. The van der Waals surface area contributed by atoms with Crippen molar-refractivity contribution < 1.29 is 9.53 Å². The lowest BCUT2D eigenvalue weighted by Crippen LogP contribution is -2.31. The molecule has 0 spiro atoms. The second-order valence-corrected chi connectivity index (χ2v) is 5.58. The van der Waals surface area contributed by atoms with Gasteiger partial charge in [-0.05, 0) is 32.0 Å². The zero-order valence-corrected chi connectivity index (χ0v) is 12.8. The van der Waals surface area contributed by atoms with Crippen LogP contribution in [0.1, 0.15) is 28.2 Å². The van der Waals surface area contributed by atoms with Crippen LogP contribution in [0.4, 0.5) is 0 Å². The standard InChI is InChI=1S/C17H19N3O2/c1-12-10-13(2)19-17(18-12)22-15-8-9-20(11-15)16(21)14-6-4-3-5-7-14/h3-7,10,15H,8-9,11H2,1-2H3. The van der Waals surface area contributed by atoms with Gasteiger partial charge in [0.2, 0.25) is 0 Å². The molecule has 22 heavy (non-hydrogen) atoms. The lowest BCUT2D eigenvalue weighted by molar-refractivity contribution is 0.0769. The Balaban J connectivity index is 1.64. The van der Waals surface area contributed by atoms with E-state index in [1.807, 2.05) is 55.1 Å². The van der Waals surface area contributed by atoms with Crippen LogP contribution in [-0.2, 0) is 0 Å². The molecule has 2 aromatic rings. The molecule has 0 bridgehead atoms. The van der Waals surface area contributed by atoms with Gasteiger partial charge in [-0.25, -0.2) is 9.97 Å². The molecule has 2 heterocycles. The van der Waals surface area contributed by atoms with Crippen LogP contribution in [0.3, 0.4) is 0 Å². The molecule has 3 rings (SSSR count). The molecular formula is C17H19N3O2. The molecule has 5 heteroatoms. The summed E-state index contributed by atoms with van der Waals surface area (Å²) in [6.07, 6.45) is 0.753. The lowest BCUT2D eigenvalue weighted by Gasteiger charge is -2.17. The van der Waals surface area contributed by atoms with Gasteiger partial charge in [0.05, 0.1) is 6.54 Å². The fourth-order valence-corrected chi connectivity index (χ4v) is 2.67. The van der Waals surface area contributed by atoms with Gasteiger partial charge in [-0.2, -0.15) is 0 Å². The van der Waals surface area contributed by atoms with Gasteiger partial charge >= 0.3 is 6.01 Å². The van der Waals surface area contributed by atoms with Gasteiger partial charge in [0.1, 0.15) is 6.10 Å². The van der Waals surface area contributed by atoms with Crippen molar-refractivity contribution in [3.63, 3.8) is 0 Å². The molecule has 1 atom stereocenters. The minimum atomic E-state index is -0.0473. The van der Waals surface area contributed by atoms with Gasteiger partial charge in [-0.1, -0.05) is 18.2 Å². The van der Waals surface area contributed by atoms with Crippen molar-refractivity contribution in [2.24, 2.45) is 0 Å². The first-order valence-corrected chi connectivity index (χ1v) is 7.45. The molecule has 1 aliphatic rings. The minimum Gasteiger partial charge on any atom is -0.458 e. The quantitative estimate of drug-likeness (QED) is 0.873. The fourth-order valence-electron chi connectivity index (χ4n) is 2.67. The topological polar surface area (TPSA) is 55.3 Å². The van der Waals surface area contributed by atoms with Crippen LogP contribution in [-0.4, -0.2) is 40.0 Å². The third-order valence-corrected chi connectivity index (χ3v) is 3.69. The van der Waals surface area contributed by atoms with Crippen molar-refractivity contribution in [2.75, 3.05) is 13.1 Å². The molecule has 1 unspecified atom stereocenters. The van der Waals surface area contributed by atoms with E-state index in [0.29, 0.717) is 24.7 Å². The van der Waals surface area contributed by atoms with Crippen LogP contribution in [0.15, 0.2) is 36.4 Å². The van der Waals surface area contributed by atoms with Crippen molar-refractivity contribution in [3.8, 4) is 6.01 Å². The molecule has 1 aliphatic heterocycles. The van der Waals surface area contributed by atoms with E-state index < -0.39 is 0 Å². The van der Waals surface area contributed by atoms with Crippen LogP contribution in [0.2, 0.25) is 0 Å². The van der Waals surface area contributed by atoms with E-state index in [9.17, 15) is 4.79 Å². The number of carbonyl (C=O) groups excluding carboxylic acids is 1. The number of amides is 1. The van der Waals surface area contributed by atoms with Crippen LogP contribution >= 0.6 is 0 Å². The van der Waals surface area contributed by atoms with Crippen molar-refractivity contribution in [2.45, 2.75) is 26.4 Å². The summed E-state index contributed by atoms with van der Waals surface area (Å²) in [6.45, 7) is 5.11. The largest absolute Gasteiger partial charge is 0.458 e. The summed E-state index contributed by atoms with van der Waals surface area (Å²) in [5, 5.41) is 0. The van der Waals surface area contributed by atoms with Crippen LogP contribution in [0, 0.1) is 13.8 Å². The number of ether oxygens (including phenoxy) is 1. The Morgan fingerprint density at radius 2 is 1.86 bits per heavy atom. The summed E-state index contributed by atoms with van der Waals surface area (Å²) >= 11 is 0. The SMILES string of the molecule is Cc1cc(C)nc(OC2CCN(C(=O)c3ccccc3)C2)n1. The number of benzene rings is 1. The highest BCUT2D eigenvalue weighted by molar-refractivity contribution is 5.94. The second-order valence-electron chi connectivity index (χ2n) is 5.58. The number of rotatable bonds is 3.